The third-order valence-electron chi connectivity index (χ3n) is 2.20. The number of amides is 2. The molecule has 1 aromatic heterocycles. The summed E-state index contributed by atoms with van der Waals surface area (Å²) >= 11 is 0. The molecule has 0 radical (unpaired) electrons. The summed E-state index contributed by atoms with van der Waals surface area (Å²) < 4.78 is 1.24. The Labute approximate surface area is 105 Å². The molecule has 1 aromatic rings. The van der Waals surface area contributed by atoms with Crippen molar-refractivity contribution >= 4 is 17.7 Å². The molecule has 0 unspecified atom stereocenters. The first kappa shape index (κ1) is 13.8. The van der Waals surface area contributed by atoms with E-state index in [2.05, 4.69) is 17.0 Å². The van der Waals surface area contributed by atoms with Crippen molar-refractivity contribution in [1.29, 1.82) is 0 Å². The number of aliphatic carboxylic acids is 1. The maximum absolute atomic E-state index is 11.7. The number of carboxylic acids is 1. The molecule has 0 aliphatic carbocycles. The van der Waals surface area contributed by atoms with Gasteiger partial charge in [0.25, 0.3) is 0 Å². The first-order chi connectivity index (χ1) is 8.52. The zero-order valence-electron chi connectivity index (χ0n) is 10.2. The van der Waals surface area contributed by atoms with Crippen LogP contribution in [0, 0.1) is 0 Å². The number of carboxylic acid groups (broad SMARTS) is 1. The Morgan fingerprint density at radius 1 is 1.67 bits per heavy atom. The quantitative estimate of drug-likeness (QED) is 0.739. The molecular weight excluding hydrogens is 236 g/mol. The summed E-state index contributed by atoms with van der Waals surface area (Å²) in [5.41, 5.74) is 0.465. The smallest absolute Gasteiger partial charge is 0.325 e. The van der Waals surface area contributed by atoms with E-state index in [1.54, 1.807) is 13.1 Å². The molecule has 7 nitrogen and oxygen atoms in total. The number of hydrogen-bond donors (Lipinski definition) is 2. The lowest BCUT2D eigenvalue weighted by molar-refractivity contribution is -0.137. The summed E-state index contributed by atoms with van der Waals surface area (Å²) in [6, 6.07) is -0.272. The van der Waals surface area contributed by atoms with Crippen molar-refractivity contribution in [2.24, 2.45) is 0 Å². The molecule has 1 rings (SSSR count). The van der Waals surface area contributed by atoms with Gasteiger partial charge in [0, 0.05) is 19.8 Å². The van der Waals surface area contributed by atoms with Gasteiger partial charge in [-0.25, -0.2) is 4.79 Å². The standard InChI is InChI=1S/C11H16N4O3/c1-3-4-5-14(2)11(18)13-9-6-12-15(7-9)8-10(16)17/h3,6-7H,1,4-5,8H2,2H3,(H,13,18)(H,16,17). The van der Waals surface area contributed by atoms with E-state index < -0.39 is 5.97 Å². The van der Waals surface area contributed by atoms with Crippen LogP contribution in [0.25, 0.3) is 0 Å². The Kier molecular flexibility index (Phi) is 4.91. The average molecular weight is 252 g/mol. The largest absolute Gasteiger partial charge is 0.480 e. The van der Waals surface area contributed by atoms with Gasteiger partial charge in [-0.05, 0) is 6.42 Å². The monoisotopic (exact) mass is 252 g/mol. The number of nitrogens with zero attached hydrogens (tertiary/aromatic N) is 3. The van der Waals surface area contributed by atoms with E-state index in [0.29, 0.717) is 18.7 Å². The van der Waals surface area contributed by atoms with Gasteiger partial charge in [-0.15, -0.1) is 6.58 Å². The number of anilines is 1. The van der Waals surface area contributed by atoms with Crippen molar-refractivity contribution < 1.29 is 14.7 Å². The van der Waals surface area contributed by atoms with Crippen molar-refractivity contribution in [3.8, 4) is 0 Å². The van der Waals surface area contributed by atoms with Gasteiger partial charge in [-0.3, -0.25) is 9.48 Å². The van der Waals surface area contributed by atoms with Crippen LogP contribution in [-0.4, -0.2) is 45.4 Å². The normalized spacial score (nSPS) is 9.83. The van der Waals surface area contributed by atoms with Crippen LogP contribution in [0.1, 0.15) is 6.42 Å². The Morgan fingerprint density at radius 2 is 2.39 bits per heavy atom. The van der Waals surface area contributed by atoms with Crippen molar-refractivity contribution in [3.63, 3.8) is 0 Å². The van der Waals surface area contributed by atoms with Crippen LogP contribution in [0.2, 0.25) is 0 Å². The van der Waals surface area contributed by atoms with Gasteiger partial charge < -0.3 is 15.3 Å². The fourth-order valence-corrected chi connectivity index (χ4v) is 1.26. The highest BCUT2D eigenvalue weighted by Gasteiger charge is 2.09. The van der Waals surface area contributed by atoms with Gasteiger partial charge >= 0.3 is 12.0 Å². The number of rotatable bonds is 6. The molecule has 0 fully saturated rings. The Morgan fingerprint density at radius 3 is 3.00 bits per heavy atom. The van der Waals surface area contributed by atoms with Gasteiger partial charge in [-0.2, -0.15) is 5.10 Å². The minimum atomic E-state index is -0.987. The molecule has 2 amide bonds. The lowest BCUT2D eigenvalue weighted by atomic mass is 10.4. The summed E-state index contributed by atoms with van der Waals surface area (Å²) in [4.78, 5) is 23.6. The number of aromatic nitrogens is 2. The second kappa shape index (κ2) is 6.43. The predicted molar refractivity (Wildman–Crippen MR) is 66.3 cm³/mol. The number of carbonyl (C=O) groups excluding carboxylic acids is 1. The van der Waals surface area contributed by atoms with Crippen LogP contribution < -0.4 is 5.32 Å². The van der Waals surface area contributed by atoms with E-state index in [0.717, 1.165) is 0 Å². The topological polar surface area (TPSA) is 87.5 Å². The Bertz CT molecular complexity index is 441. The number of nitrogens with one attached hydrogen (secondary N) is 1. The average Bonchev–Trinajstić information content (AvgIpc) is 2.72. The van der Waals surface area contributed by atoms with Crippen LogP contribution in [0.5, 0.6) is 0 Å². The molecular formula is C11H16N4O3. The zero-order valence-corrected chi connectivity index (χ0v) is 10.2. The van der Waals surface area contributed by atoms with Crippen LogP contribution in [-0.2, 0) is 11.3 Å². The lowest BCUT2D eigenvalue weighted by Gasteiger charge is -2.15. The first-order valence-electron chi connectivity index (χ1n) is 5.40. The maximum atomic E-state index is 11.7. The Hall–Kier alpha value is -2.31. The molecule has 7 heteroatoms. The fraction of sp³-hybridized carbons (Fsp3) is 0.364. The summed E-state index contributed by atoms with van der Waals surface area (Å²) in [6.45, 7) is 3.91. The molecule has 0 bridgehead atoms. The van der Waals surface area contributed by atoms with E-state index in [4.69, 9.17) is 5.11 Å². The molecule has 0 aromatic carbocycles. The van der Waals surface area contributed by atoms with Crippen molar-refractivity contribution in [3.05, 3.63) is 25.0 Å². The van der Waals surface area contributed by atoms with Gasteiger partial charge in [-0.1, -0.05) is 6.08 Å². The van der Waals surface area contributed by atoms with Crippen LogP contribution in [0.4, 0.5) is 10.5 Å². The molecule has 0 spiro atoms. The van der Waals surface area contributed by atoms with E-state index in [1.165, 1.54) is 22.0 Å². The van der Waals surface area contributed by atoms with E-state index >= 15 is 0 Å². The SMILES string of the molecule is C=CCCN(C)C(=O)Nc1cnn(CC(=O)O)c1. The number of urea groups is 1. The van der Waals surface area contributed by atoms with Crippen LogP contribution in [0.15, 0.2) is 25.0 Å². The Balaban J connectivity index is 2.51. The summed E-state index contributed by atoms with van der Waals surface area (Å²) in [5, 5.41) is 15.0. The molecule has 0 atom stereocenters. The number of hydrogen-bond acceptors (Lipinski definition) is 3. The zero-order chi connectivity index (χ0) is 13.5. The van der Waals surface area contributed by atoms with Gasteiger partial charge in [0.2, 0.25) is 0 Å². The van der Waals surface area contributed by atoms with Crippen LogP contribution in [0.3, 0.4) is 0 Å². The van der Waals surface area contributed by atoms with Gasteiger partial charge in [0.1, 0.15) is 6.54 Å². The number of carbonyl (C=O) groups is 2. The van der Waals surface area contributed by atoms with Gasteiger partial charge in [0.05, 0.1) is 11.9 Å². The highest BCUT2D eigenvalue weighted by Crippen LogP contribution is 2.06. The third kappa shape index (κ3) is 4.28. The van der Waals surface area contributed by atoms with Gasteiger partial charge in [0.15, 0.2) is 0 Å². The fourth-order valence-electron chi connectivity index (χ4n) is 1.26. The maximum Gasteiger partial charge on any atom is 0.325 e. The summed E-state index contributed by atoms with van der Waals surface area (Å²) in [5.74, 6) is -0.987. The second-order valence-corrected chi connectivity index (χ2v) is 3.75. The molecule has 0 saturated heterocycles. The van der Waals surface area contributed by atoms with Crippen molar-refractivity contribution in [1.82, 2.24) is 14.7 Å². The molecule has 98 valence electrons. The molecule has 0 aliphatic rings. The van der Waals surface area contributed by atoms with E-state index in [1.807, 2.05) is 0 Å². The minimum Gasteiger partial charge on any atom is -0.480 e. The highest BCUT2D eigenvalue weighted by molar-refractivity contribution is 5.88. The van der Waals surface area contributed by atoms with E-state index in [-0.39, 0.29) is 12.6 Å². The predicted octanol–water partition coefficient (Wildman–Crippen LogP) is 1.01. The first-order valence-corrected chi connectivity index (χ1v) is 5.40. The van der Waals surface area contributed by atoms with E-state index in [9.17, 15) is 9.59 Å². The second-order valence-electron chi connectivity index (χ2n) is 3.75. The third-order valence-corrected chi connectivity index (χ3v) is 2.20. The molecule has 0 saturated carbocycles. The molecule has 2 N–H and O–H groups in total. The van der Waals surface area contributed by atoms with Crippen LogP contribution >= 0.6 is 0 Å². The molecule has 0 aliphatic heterocycles. The van der Waals surface area contributed by atoms with Crippen molar-refractivity contribution in [2.45, 2.75) is 13.0 Å². The molecule has 1 heterocycles. The molecule has 18 heavy (non-hydrogen) atoms. The lowest BCUT2D eigenvalue weighted by Crippen LogP contribution is -2.31. The highest BCUT2D eigenvalue weighted by atomic mass is 16.4. The summed E-state index contributed by atoms with van der Waals surface area (Å²) in [6.07, 6.45) is 5.31. The minimum absolute atomic E-state index is 0.234. The summed E-state index contributed by atoms with van der Waals surface area (Å²) in [7, 11) is 1.67. The van der Waals surface area contributed by atoms with Crippen molar-refractivity contribution in [2.75, 3.05) is 18.9 Å².